The Balaban J connectivity index is 1.35. The monoisotopic (exact) mass is 192 g/mol. The molecule has 0 aromatic heterocycles. The van der Waals surface area contributed by atoms with Crippen LogP contribution in [0.2, 0.25) is 0 Å². The average Bonchev–Trinajstić information content (AvgIpc) is 2.89. The van der Waals surface area contributed by atoms with Gasteiger partial charge in [-0.3, -0.25) is 0 Å². The first-order valence-electron chi connectivity index (χ1n) is 4.87. The van der Waals surface area contributed by atoms with Crippen LogP contribution in [0.1, 0.15) is 0 Å². The summed E-state index contributed by atoms with van der Waals surface area (Å²) in [6, 6.07) is 0. The lowest BCUT2D eigenvalue weighted by atomic mass is 10.2. The summed E-state index contributed by atoms with van der Waals surface area (Å²) in [5.41, 5.74) is 0. The van der Waals surface area contributed by atoms with E-state index in [9.17, 15) is 5.11 Å². The molecule has 4 rings (SSSR count). The van der Waals surface area contributed by atoms with Crippen LogP contribution in [-0.2, 0) is 0 Å². The van der Waals surface area contributed by atoms with Gasteiger partial charge in [0.25, 0.3) is 0 Å². The molecule has 1 N–H and O–H groups in total. The van der Waals surface area contributed by atoms with Gasteiger partial charge in [-0.25, -0.2) is 0 Å². The summed E-state index contributed by atoms with van der Waals surface area (Å²) in [7, 11) is 0. The van der Waals surface area contributed by atoms with Crippen LogP contribution in [-0.4, -0.2) is 55.9 Å². The van der Waals surface area contributed by atoms with Crippen molar-refractivity contribution in [3.8, 4) is 0 Å². The van der Waals surface area contributed by atoms with Crippen LogP contribution in [0.25, 0.3) is 0 Å². The van der Waals surface area contributed by atoms with E-state index in [1.54, 1.807) is 0 Å². The second-order valence-corrected chi connectivity index (χ2v) is 4.14. The van der Waals surface area contributed by atoms with Crippen molar-refractivity contribution in [2.45, 2.75) is 30.8 Å². The van der Waals surface area contributed by atoms with Crippen LogP contribution >= 0.6 is 0 Å². The Morgan fingerprint density at radius 2 is 1.29 bits per heavy atom. The first-order chi connectivity index (χ1) is 6.81. The summed E-state index contributed by atoms with van der Waals surface area (Å²) < 4.78 is 0. The number of aliphatic hydroxyl groups is 1. The topological polar surface area (TPSA) is 32.3 Å². The molecule has 4 aliphatic heterocycles. The number of fused-ring (bicyclic) bond motifs is 2. The third-order valence-electron chi connectivity index (χ3n) is 3.52. The molecule has 4 aliphatic rings. The molecular weight excluding hydrogens is 180 g/mol. The molecule has 5 nitrogen and oxygen atoms in total. The van der Waals surface area contributed by atoms with E-state index < -0.39 is 0 Å². The fourth-order valence-electron chi connectivity index (χ4n) is 2.55. The van der Waals surface area contributed by atoms with E-state index in [0.29, 0.717) is 12.3 Å². The van der Waals surface area contributed by atoms with Gasteiger partial charge >= 0.3 is 0 Å². The van der Waals surface area contributed by atoms with Crippen molar-refractivity contribution in [3.05, 3.63) is 25.3 Å². The van der Waals surface area contributed by atoms with Crippen molar-refractivity contribution in [1.29, 1.82) is 0 Å². The van der Waals surface area contributed by atoms with Crippen LogP contribution in [0.3, 0.4) is 0 Å². The predicted molar refractivity (Wildman–Crippen MR) is 48.9 cm³/mol. The molecule has 0 aromatic rings. The van der Waals surface area contributed by atoms with E-state index in [1.807, 2.05) is 12.2 Å². The van der Waals surface area contributed by atoms with E-state index in [0.717, 1.165) is 0 Å². The van der Waals surface area contributed by atoms with Crippen molar-refractivity contribution in [3.63, 3.8) is 0 Å². The highest BCUT2D eigenvalue weighted by atomic mass is 16.3. The minimum absolute atomic E-state index is 0.237. The number of hydrazine groups is 2. The smallest absolute Gasteiger partial charge is 0.123 e. The molecule has 4 unspecified atom stereocenters. The number of aliphatic hydroxyl groups excluding tert-OH is 1. The van der Waals surface area contributed by atoms with Gasteiger partial charge in [-0.2, -0.15) is 20.0 Å². The number of hydrogen-bond donors (Lipinski definition) is 1. The van der Waals surface area contributed by atoms with Gasteiger partial charge in [0.1, 0.15) is 30.8 Å². The van der Waals surface area contributed by atoms with Gasteiger partial charge in [0.15, 0.2) is 0 Å². The maximum Gasteiger partial charge on any atom is 0.123 e. The summed E-state index contributed by atoms with van der Waals surface area (Å²) in [4.78, 5) is 0. The minimum atomic E-state index is -0.276. The van der Waals surface area contributed by atoms with Crippen molar-refractivity contribution in [2.75, 3.05) is 0 Å². The highest BCUT2D eigenvalue weighted by Crippen LogP contribution is 2.58. The van der Waals surface area contributed by atoms with Crippen LogP contribution < -0.4 is 0 Å². The molecule has 0 saturated carbocycles. The van der Waals surface area contributed by atoms with Gasteiger partial charge in [0, 0.05) is 0 Å². The van der Waals surface area contributed by atoms with Crippen LogP contribution in [0.4, 0.5) is 0 Å². The lowest BCUT2D eigenvalue weighted by Gasteiger charge is -2.16. The van der Waals surface area contributed by atoms with Crippen LogP contribution in [0.15, 0.2) is 25.3 Å². The maximum absolute atomic E-state index is 9.92. The fourth-order valence-corrected chi connectivity index (χ4v) is 2.55. The lowest BCUT2D eigenvalue weighted by Crippen LogP contribution is -2.40. The Morgan fingerprint density at radius 1 is 0.929 bits per heavy atom. The van der Waals surface area contributed by atoms with Gasteiger partial charge < -0.3 is 5.11 Å². The van der Waals surface area contributed by atoms with Crippen molar-refractivity contribution < 1.29 is 5.11 Å². The van der Waals surface area contributed by atoms with Gasteiger partial charge in [0.2, 0.25) is 0 Å². The molecule has 0 aromatic carbocycles. The Kier molecular flexibility index (Phi) is 1.05. The zero-order chi connectivity index (χ0) is 9.61. The Hall–Kier alpha value is -0.720. The number of nitrogens with zero attached hydrogens (tertiary/aromatic N) is 4. The van der Waals surface area contributed by atoms with E-state index in [1.165, 1.54) is 0 Å². The molecular formula is C9H12N4O. The summed E-state index contributed by atoms with van der Waals surface area (Å²) in [5, 5.41) is 18.5. The quantitative estimate of drug-likeness (QED) is 0.462. The summed E-state index contributed by atoms with van der Waals surface area (Å²) in [6.45, 7) is 7.42. The molecule has 4 heterocycles. The van der Waals surface area contributed by atoms with Crippen molar-refractivity contribution in [2.24, 2.45) is 0 Å². The largest absolute Gasteiger partial charge is 0.387 e. The first-order valence-corrected chi connectivity index (χ1v) is 4.87. The average molecular weight is 192 g/mol. The van der Waals surface area contributed by atoms with Crippen LogP contribution in [0.5, 0.6) is 0 Å². The molecule has 5 heteroatoms. The van der Waals surface area contributed by atoms with Gasteiger partial charge in [0.05, 0.1) is 0 Å². The van der Waals surface area contributed by atoms with Crippen molar-refractivity contribution >= 4 is 0 Å². The molecule has 4 fully saturated rings. The number of hydrogen-bond acceptors (Lipinski definition) is 5. The third kappa shape index (κ3) is 0.636. The van der Waals surface area contributed by atoms with E-state index in [4.69, 9.17) is 0 Å². The molecule has 0 spiro atoms. The molecule has 14 heavy (non-hydrogen) atoms. The Bertz CT molecular complexity index is 294. The zero-order valence-electron chi connectivity index (χ0n) is 7.69. The molecule has 0 aliphatic carbocycles. The molecule has 0 bridgehead atoms. The van der Waals surface area contributed by atoms with E-state index >= 15 is 0 Å². The van der Waals surface area contributed by atoms with E-state index in [-0.39, 0.29) is 18.4 Å². The SMILES string of the molecule is C=CC1N2C(C(O)C3N4C(C=C)N34)N12. The van der Waals surface area contributed by atoms with Gasteiger partial charge in [-0.05, 0) is 0 Å². The van der Waals surface area contributed by atoms with Crippen LogP contribution in [0, 0.1) is 0 Å². The Morgan fingerprint density at radius 3 is 1.57 bits per heavy atom. The molecule has 74 valence electrons. The molecule has 0 radical (unpaired) electrons. The van der Waals surface area contributed by atoms with Crippen molar-refractivity contribution in [1.82, 2.24) is 20.0 Å². The first kappa shape index (κ1) is 7.56. The fraction of sp³-hybridized carbons (Fsp3) is 0.556. The van der Waals surface area contributed by atoms with Gasteiger partial charge in [-0.1, -0.05) is 12.2 Å². The lowest BCUT2D eigenvalue weighted by molar-refractivity contribution is 0.0945. The molecule has 4 saturated heterocycles. The summed E-state index contributed by atoms with van der Waals surface area (Å²) >= 11 is 0. The third-order valence-corrected chi connectivity index (χ3v) is 3.52. The predicted octanol–water partition coefficient (Wildman–Crippen LogP) is -0.884. The summed E-state index contributed by atoms with van der Waals surface area (Å²) in [5.74, 6) is 0. The van der Waals surface area contributed by atoms with Gasteiger partial charge in [-0.15, -0.1) is 13.2 Å². The second-order valence-electron chi connectivity index (χ2n) is 4.14. The highest BCUT2D eigenvalue weighted by molar-refractivity contribution is 5.22. The number of rotatable bonds is 4. The minimum Gasteiger partial charge on any atom is -0.387 e. The maximum atomic E-state index is 9.92. The normalized spacial score (nSPS) is 67.2. The summed E-state index contributed by atoms with van der Waals surface area (Å²) in [6.07, 6.45) is 4.77. The highest BCUT2D eigenvalue weighted by Gasteiger charge is 2.79. The molecule has 0 amide bonds. The second kappa shape index (κ2) is 1.95. The standard InChI is InChI=1S/C9H12N4O/c1-3-5-10-8(11(5)10)7(14)9-12-6(4-2)13(9)12/h3-9,14H,1-2H2. The molecule has 4 atom stereocenters. The zero-order valence-corrected chi connectivity index (χ0v) is 7.69. The Labute approximate surface area is 82.0 Å². The van der Waals surface area contributed by atoms with E-state index in [2.05, 4.69) is 33.2 Å².